The van der Waals surface area contributed by atoms with Gasteiger partial charge in [0.25, 0.3) is 5.91 Å². The fraction of sp³-hybridized carbons (Fsp3) is 0.409. The molecule has 1 aromatic carbocycles. The van der Waals surface area contributed by atoms with Crippen LogP contribution in [0, 0.1) is 6.92 Å². The number of likely N-dealkylation sites (tertiary alicyclic amines) is 1. The maximum absolute atomic E-state index is 12.9. The lowest BCUT2D eigenvalue weighted by atomic mass is 10.1. The van der Waals surface area contributed by atoms with Crippen LogP contribution in [0.4, 0.5) is 0 Å². The second-order valence-electron chi connectivity index (χ2n) is 7.90. The summed E-state index contributed by atoms with van der Waals surface area (Å²) >= 11 is 0. The summed E-state index contributed by atoms with van der Waals surface area (Å²) in [4.78, 5) is 19.9. The van der Waals surface area contributed by atoms with E-state index in [2.05, 4.69) is 58.4 Å². The molecule has 0 aliphatic carbocycles. The third kappa shape index (κ3) is 3.78. The molecule has 6 nitrogen and oxygen atoms in total. The SMILES string of the molecule is Cc1nc2c(cnn2C(C)C)cc1C(=O)N[C@H]1CCN(Cc2ccccc2)C1. The van der Waals surface area contributed by atoms with Gasteiger partial charge in [-0.25, -0.2) is 9.67 Å². The van der Waals surface area contributed by atoms with Crippen LogP contribution in [0.2, 0.25) is 0 Å². The highest BCUT2D eigenvalue weighted by Crippen LogP contribution is 2.20. The summed E-state index contributed by atoms with van der Waals surface area (Å²) in [6.45, 7) is 8.84. The second kappa shape index (κ2) is 7.72. The zero-order valence-corrected chi connectivity index (χ0v) is 16.7. The van der Waals surface area contributed by atoms with Gasteiger partial charge in [0, 0.05) is 37.1 Å². The molecule has 28 heavy (non-hydrogen) atoms. The van der Waals surface area contributed by atoms with Crippen LogP contribution in [0.15, 0.2) is 42.6 Å². The normalized spacial score (nSPS) is 17.5. The van der Waals surface area contributed by atoms with Gasteiger partial charge < -0.3 is 5.32 Å². The minimum atomic E-state index is -0.0456. The number of carbonyl (C=O) groups excluding carboxylic acids is 1. The Hall–Kier alpha value is -2.73. The molecule has 146 valence electrons. The van der Waals surface area contributed by atoms with Crippen molar-refractivity contribution in [2.24, 2.45) is 0 Å². The molecular formula is C22H27N5O. The molecule has 0 unspecified atom stereocenters. The van der Waals surface area contributed by atoms with Crippen LogP contribution < -0.4 is 5.32 Å². The van der Waals surface area contributed by atoms with Crippen molar-refractivity contribution >= 4 is 16.9 Å². The van der Waals surface area contributed by atoms with Gasteiger partial charge >= 0.3 is 0 Å². The first-order valence-corrected chi connectivity index (χ1v) is 9.93. The van der Waals surface area contributed by atoms with Crippen molar-refractivity contribution in [2.75, 3.05) is 13.1 Å². The van der Waals surface area contributed by atoms with E-state index in [1.54, 1.807) is 6.20 Å². The molecule has 1 N–H and O–H groups in total. The van der Waals surface area contributed by atoms with E-state index in [-0.39, 0.29) is 18.0 Å². The zero-order valence-electron chi connectivity index (χ0n) is 16.7. The highest BCUT2D eigenvalue weighted by Gasteiger charge is 2.25. The average Bonchev–Trinajstić information content (AvgIpc) is 3.28. The summed E-state index contributed by atoms with van der Waals surface area (Å²) < 4.78 is 1.89. The third-order valence-corrected chi connectivity index (χ3v) is 5.35. The summed E-state index contributed by atoms with van der Waals surface area (Å²) in [5, 5.41) is 8.51. The highest BCUT2D eigenvalue weighted by molar-refractivity contribution is 5.98. The van der Waals surface area contributed by atoms with Crippen molar-refractivity contribution in [1.29, 1.82) is 0 Å². The number of rotatable bonds is 5. The predicted molar refractivity (Wildman–Crippen MR) is 110 cm³/mol. The van der Waals surface area contributed by atoms with Crippen LogP contribution in [0.5, 0.6) is 0 Å². The molecule has 4 rings (SSSR count). The Balaban J connectivity index is 1.43. The molecule has 1 atom stereocenters. The largest absolute Gasteiger partial charge is 0.348 e. The van der Waals surface area contributed by atoms with Gasteiger partial charge in [0.05, 0.1) is 17.5 Å². The van der Waals surface area contributed by atoms with Crippen molar-refractivity contribution in [3.05, 3.63) is 59.4 Å². The van der Waals surface area contributed by atoms with Gasteiger partial charge in [-0.2, -0.15) is 5.10 Å². The number of carbonyl (C=O) groups is 1. The molecule has 3 heterocycles. The molecule has 1 amide bonds. The molecule has 3 aromatic rings. The molecule has 0 radical (unpaired) electrons. The van der Waals surface area contributed by atoms with Crippen molar-refractivity contribution in [3.8, 4) is 0 Å². The topological polar surface area (TPSA) is 63.1 Å². The van der Waals surface area contributed by atoms with E-state index in [0.717, 1.165) is 42.8 Å². The number of benzene rings is 1. The van der Waals surface area contributed by atoms with Crippen molar-refractivity contribution in [2.45, 2.75) is 45.8 Å². The Bertz CT molecular complexity index is 979. The Morgan fingerprint density at radius 1 is 1.29 bits per heavy atom. The number of nitrogens with one attached hydrogen (secondary N) is 1. The Labute approximate surface area is 165 Å². The number of aryl methyl sites for hydroxylation is 1. The summed E-state index contributed by atoms with van der Waals surface area (Å²) in [7, 11) is 0. The Morgan fingerprint density at radius 2 is 2.07 bits per heavy atom. The minimum Gasteiger partial charge on any atom is -0.348 e. The summed E-state index contributed by atoms with van der Waals surface area (Å²) in [5.41, 5.74) is 3.52. The maximum atomic E-state index is 12.9. The quantitative estimate of drug-likeness (QED) is 0.741. The number of nitrogens with zero attached hydrogens (tertiary/aromatic N) is 4. The smallest absolute Gasteiger partial charge is 0.253 e. The molecule has 6 heteroatoms. The van der Waals surface area contributed by atoms with Crippen LogP contribution in [-0.4, -0.2) is 44.7 Å². The van der Waals surface area contributed by atoms with E-state index in [9.17, 15) is 4.79 Å². The first-order chi connectivity index (χ1) is 13.5. The summed E-state index contributed by atoms with van der Waals surface area (Å²) in [6.07, 6.45) is 2.76. The average molecular weight is 377 g/mol. The summed E-state index contributed by atoms with van der Waals surface area (Å²) in [5.74, 6) is -0.0456. The fourth-order valence-corrected chi connectivity index (χ4v) is 3.87. The molecule has 1 aliphatic heterocycles. The van der Waals surface area contributed by atoms with Gasteiger partial charge in [-0.15, -0.1) is 0 Å². The molecule has 0 spiro atoms. The highest BCUT2D eigenvalue weighted by atomic mass is 16.1. The lowest BCUT2D eigenvalue weighted by Gasteiger charge is -2.17. The molecule has 1 aliphatic rings. The van der Waals surface area contributed by atoms with Gasteiger partial charge in [-0.05, 0) is 38.8 Å². The van der Waals surface area contributed by atoms with Gasteiger partial charge in [0.15, 0.2) is 5.65 Å². The summed E-state index contributed by atoms with van der Waals surface area (Å²) in [6, 6.07) is 12.8. The number of aromatic nitrogens is 3. The molecule has 0 bridgehead atoms. The molecule has 1 saturated heterocycles. The van der Waals surface area contributed by atoms with Gasteiger partial charge in [-0.3, -0.25) is 9.69 Å². The van der Waals surface area contributed by atoms with E-state index in [0.29, 0.717) is 5.56 Å². The van der Waals surface area contributed by atoms with Crippen molar-refractivity contribution < 1.29 is 4.79 Å². The number of amides is 1. The van der Waals surface area contributed by atoms with E-state index >= 15 is 0 Å². The van der Waals surface area contributed by atoms with Crippen molar-refractivity contribution in [3.63, 3.8) is 0 Å². The zero-order chi connectivity index (χ0) is 19.7. The Kier molecular flexibility index (Phi) is 5.13. The van der Waals surface area contributed by atoms with E-state index < -0.39 is 0 Å². The first-order valence-electron chi connectivity index (χ1n) is 9.93. The van der Waals surface area contributed by atoms with Crippen molar-refractivity contribution in [1.82, 2.24) is 25.0 Å². The number of hydrogen-bond acceptors (Lipinski definition) is 4. The van der Waals surface area contributed by atoms with Crippen LogP contribution in [0.1, 0.15) is 47.9 Å². The lowest BCUT2D eigenvalue weighted by Crippen LogP contribution is -2.37. The minimum absolute atomic E-state index is 0.0456. The molecular weight excluding hydrogens is 350 g/mol. The lowest BCUT2D eigenvalue weighted by molar-refractivity contribution is 0.0937. The predicted octanol–water partition coefficient (Wildman–Crippen LogP) is 3.32. The number of pyridine rings is 1. The van der Waals surface area contributed by atoms with Gasteiger partial charge in [-0.1, -0.05) is 30.3 Å². The van der Waals surface area contributed by atoms with E-state index in [4.69, 9.17) is 0 Å². The van der Waals surface area contributed by atoms with Crippen LogP contribution in [-0.2, 0) is 6.54 Å². The van der Waals surface area contributed by atoms with Gasteiger partial charge in [0.2, 0.25) is 0 Å². The van der Waals surface area contributed by atoms with Crippen LogP contribution in [0.3, 0.4) is 0 Å². The second-order valence-corrected chi connectivity index (χ2v) is 7.90. The molecule has 2 aromatic heterocycles. The molecule has 0 saturated carbocycles. The third-order valence-electron chi connectivity index (χ3n) is 5.35. The monoisotopic (exact) mass is 377 g/mol. The van der Waals surface area contributed by atoms with E-state index in [1.165, 1.54) is 5.56 Å². The van der Waals surface area contributed by atoms with Crippen LogP contribution in [0.25, 0.3) is 11.0 Å². The standard InChI is InChI=1S/C22H27N5O/c1-15(2)27-21-18(12-23-27)11-20(16(3)24-21)22(28)25-19-9-10-26(14-19)13-17-7-5-4-6-8-17/h4-8,11-12,15,19H,9-10,13-14H2,1-3H3,(H,25,28)/t19-/m0/s1. The fourth-order valence-electron chi connectivity index (χ4n) is 3.87. The van der Waals surface area contributed by atoms with Crippen LogP contribution >= 0.6 is 0 Å². The van der Waals surface area contributed by atoms with Gasteiger partial charge in [0.1, 0.15) is 0 Å². The first kappa shape index (κ1) is 18.6. The maximum Gasteiger partial charge on any atom is 0.253 e. The molecule has 1 fully saturated rings. The number of fused-ring (bicyclic) bond motifs is 1. The van der Waals surface area contributed by atoms with E-state index in [1.807, 2.05) is 23.7 Å². The number of hydrogen-bond donors (Lipinski definition) is 1. The Morgan fingerprint density at radius 3 is 2.82 bits per heavy atom.